The Labute approximate surface area is 126 Å². The predicted octanol–water partition coefficient (Wildman–Crippen LogP) is 3.80. The van der Waals surface area contributed by atoms with Crippen molar-refractivity contribution < 1.29 is 9.13 Å². The highest BCUT2D eigenvalue weighted by Crippen LogP contribution is 2.28. The lowest BCUT2D eigenvalue weighted by Gasteiger charge is -2.11. The van der Waals surface area contributed by atoms with Gasteiger partial charge in [-0.25, -0.2) is 4.39 Å². The minimum atomic E-state index is -0.412. The predicted molar refractivity (Wildman–Crippen MR) is 84.1 cm³/mol. The van der Waals surface area contributed by atoms with Crippen molar-refractivity contribution in [1.82, 2.24) is 4.98 Å². The summed E-state index contributed by atoms with van der Waals surface area (Å²) in [6.07, 6.45) is 1.71. The molecule has 0 saturated heterocycles. The van der Waals surface area contributed by atoms with Gasteiger partial charge in [0.1, 0.15) is 22.3 Å². The first-order valence-electron chi connectivity index (χ1n) is 6.25. The molecule has 0 saturated carbocycles. The van der Waals surface area contributed by atoms with Crippen molar-refractivity contribution in [3.05, 3.63) is 66.1 Å². The van der Waals surface area contributed by atoms with E-state index >= 15 is 0 Å². The smallest absolute Gasteiger partial charge is 0.137 e. The van der Waals surface area contributed by atoms with E-state index in [9.17, 15) is 4.39 Å². The van der Waals surface area contributed by atoms with E-state index in [0.717, 1.165) is 10.9 Å². The molecule has 0 unspecified atom stereocenters. The van der Waals surface area contributed by atoms with E-state index in [1.165, 1.54) is 18.2 Å². The summed E-state index contributed by atoms with van der Waals surface area (Å²) in [5, 5.41) is 1.01. The molecule has 21 heavy (non-hydrogen) atoms. The van der Waals surface area contributed by atoms with Crippen LogP contribution >= 0.6 is 12.2 Å². The monoisotopic (exact) mass is 298 g/mol. The number of nitrogens with two attached hydrogens (primary N) is 1. The van der Waals surface area contributed by atoms with Gasteiger partial charge in [0, 0.05) is 17.6 Å². The number of thiocarbonyl (C=S) groups is 1. The highest BCUT2D eigenvalue weighted by atomic mass is 32.1. The lowest BCUT2D eigenvalue weighted by molar-refractivity contribution is 0.480. The molecule has 0 aliphatic rings. The molecule has 0 amide bonds. The normalized spacial score (nSPS) is 10.5. The van der Waals surface area contributed by atoms with E-state index in [1.807, 2.05) is 30.3 Å². The molecule has 0 fully saturated rings. The van der Waals surface area contributed by atoms with Crippen LogP contribution in [-0.2, 0) is 0 Å². The lowest BCUT2D eigenvalue weighted by atomic mass is 10.2. The van der Waals surface area contributed by atoms with Crippen LogP contribution in [-0.4, -0.2) is 9.97 Å². The number of aromatic nitrogens is 1. The maximum Gasteiger partial charge on any atom is 0.137 e. The van der Waals surface area contributed by atoms with E-state index in [2.05, 4.69) is 4.98 Å². The molecule has 0 atom stereocenters. The van der Waals surface area contributed by atoms with Crippen molar-refractivity contribution in [1.29, 1.82) is 0 Å². The van der Waals surface area contributed by atoms with Crippen LogP contribution in [0.1, 0.15) is 5.56 Å². The first kappa shape index (κ1) is 13.5. The molecule has 3 rings (SSSR count). The minimum absolute atomic E-state index is 0.0865. The average molecular weight is 298 g/mol. The first-order chi connectivity index (χ1) is 10.1. The summed E-state index contributed by atoms with van der Waals surface area (Å²) in [6.45, 7) is 0. The van der Waals surface area contributed by atoms with Crippen LogP contribution in [0.5, 0.6) is 11.5 Å². The van der Waals surface area contributed by atoms with Crippen LogP contribution < -0.4 is 10.5 Å². The topological polar surface area (TPSA) is 48.1 Å². The van der Waals surface area contributed by atoms with Crippen molar-refractivity contribution in [2.45, 2.75) is 0 Å². The van der Waals surface area contributed by atoms with E-state index in [1.54, 1.807) is 6.20 Å². The molecule has 0 radical (unpaired) electrons. The Hall–Kier alpha value is -2.53. The number of halogens is 1. The average Bonchev–Trinajstić information content (AvgIpc) is 2.49. The van der Waals surface area contributed by atoms with Crippen molar-refractivity contribution in [3.63, 3.8) is 0 Å². The molecule has 0 aliphatic heterocycles. The van der Waals surface area contributed by atoms with E-state index < -0.39 is 5.82 Å². The van der Waals surface area contributed by atoms with Gasteiger partial charge in [-0.1, -0.05) is 18.3 Å². The number of fused-ring (bicyclic) bond motifs is 1. The van der Waals surface area contributed by atoms with Crippen LogP contribution in [0, 0.1) is 5.82 Å². The van der Waals surface area contributed by atoms with Gasteiger partial charge >= 0.3 is 0 Å². The van der Waals surface area contributed by atoms with Gasteiger partial charge in [0.25, 0.3) is 0 Å². The zero-order valence-corrected chi connectivity index (χ0v) is 11.7. The Morgan fingerprint density at radius 2 is 2.00 bits per heavy atom. The fourth-order valence-corrected chi connectivity index (χ4v) is 2.18. The Bertz CT molecular complexity index is 835. The molecule has 0 spiro atoms. The third-order valence-electron chi connectivity index (χ3n) is 3.01. The molecular weight excluding hydrogens is 287 g/mol. The molecule has 3 aromatic rings. The standard InChI is InChI=1S/C16H11FN2OS/c17-11-4-6-15(13(8-11)16(18)21)20-12-5-3-10-2-1-7-19-14(10)9-12/h1-9H,(H2,18,21). The number of ether oxygens (including phenoxy) is 1. The Balaban J connectivity index is 2.00. The number of pyridine rings is 1. The molecular formula is C16H11FN2OS. The van der Waals surface area contributed by atoms with Crippen molar-refractivity contribution >= 4 is 28.1 Å². The summed E-state index contributed by atoms with van der Waals surface area (Å²) in [7, 11) is 0. The van der Waals surface area contributed by atoms with E-state index in [4.69, 9.17) is 22.7 Å². The van der Waals surface area contributed by atoms with Gasteiger partial charge < -0.3 is 10.5 Å². The summed E-state index contributed by atoms with van der Waals surface area (Å²) in [6, 6.07) is 13.4. The van der Waals surface area contributed by atoms with Gasteiger partial charge in [-0.15, -0.1) is 0 Å². The lowest BCUT2D eigenvalue weighted by Crippen LogP contribution is -2.11. The van der Waals surface area contributed by atoms with Gasteiger partial charge in [0.15, 0.2) is 0 Å². The van der Waals surface area contributed by atoms with Crippen LogP contribution in [0.4, 0.5) is 4.39 Å². The molecule has 2 aromatic carbocycles. The fourth-order valence-electron chi connectivity index (χ4n) is 2.02. The highest BCUT2D eigenvalue weighted by molar-refractivity contribution is 7.80. The minimum Gasteiger partial charge on any atom is -0.457 e. The molecule has 2 N–H and O–H groups in total. The zero-order chi connectivity index (χ0) is 14.8. The molecule has 0 aliphatic carbocycles. The summed E-state index contributed by atoms with van der Waals surface area (Å²) in [5.74, 6) is 0.592. The Morgan fingerprint density at radius 3 is 2.81 bits per heavy atom. The SMILES string of the molecule is NC(=S)c1cc(F)ccc1Oc1ccc2cccnc2c1. The van der Waals surface area contributed by atoms with Gasteiger partial charge in [0.05, 0.1) is 11.1 Å². The fraction of sp³-hybridized carbons (Fsp3) is 0. The van der Waals surface area contributed by atoms with Crippen LogP contribution in [0.15, 0.2) is 54.7 Å². The van der Waals surface area contributed by atoms with Crippen LogP contribution in [0.3, 0.4) is 0 Å². The molecule has 104 valence electrons. The van der Waals surface area contributed by atoms with Crippen molar-refractivity contribution in [2.75, 3.05) is 0 Å². The number of nitrogens with zero attached hydrogens (tertiary/aromatic N) is 1. The Morgan fingerprint density at radius 1 is 1.14 bits per heavy atom. The highest BCUT2D eigenvalue weighted by Gasteiger charge is 2.09. The Kier molecular flexibility index (Phi) is 3.50. The van der Waals surface area contributed by atoms with Crippen molar-refractivity contribution in [2.24, 2.45) is 5.73 Å². The van der Waals surface area contributed by atoms with Gasteiger partial charge in [-0.3, -0.25) is 4.98 Å². The number of benzene rings is 2. The largest absolute Gasteiger partial charge is 0.457 e. The third-order valence-corrected chi connectivity index (χ3v) is 3.23. The van der Waals surface area contributed by atoms with Gasteiger partial charge in [-0.05, 0) is 36.4 Å². The molecule has 1 aromatic heterocycles. The number of rotatable bonds is 3. The van der Waals surface area contributed by atoms with E-state index in [0.29, 0.717) is 17.1 Å². The number of hydrogen-bond acceptors (Lipinski definition) is 3. The quantitative estimate of drug-likeness (QED) is 0.747. The summed E-state index contributed by atoms with van der Waals surface area (Å²) in [5.41, 5.74) is 6.78. The molecule has 0 bridgehead atoms. The molecule has 1 heterocycles. The summed E-state index contributed by atoms with van der Waals surface area (Å²) in [4.78, 5) is 4.35. The second-order valence-electron chi connectivity index (χ2n) is 4.46. The third kappa shape index (κ3) is 2.83. The van der Waals surface area contributed by atoms with Crippen LogP contribution in [0.25, 0.3) is 10.9 Å². The molecule has 3 nitrogen and oxygen atoms in total. The summed E-state index contributed by atoms with van der Waals surface area (Å²) >= 11 is 4.92. The maximum atomic E-state index is 13.3. The molecule has 5 heteroatoms. The van der Waals surface area contributed by atoms with Crippen LogP contribution in [0.2, 0.25) is 0 Å². The maximum absolute atomic E-state index is 13.3. The van der Waals surface area contributed by atoms with Gasteiger partial charge in [-0.2, -0.15) is 0 Å². The van der Waals surface area contributed by atoms with Crippen molar-refractivity contribution in [3.8, 4) is 11.5 Å². The summed E-state index contributed by atoms with van der Waals surface area (Å²) < 4.78 is 19.0. The second kappa shape index (κ2) is 5.46. The van der Waals surface area contributed by atoms with E-state index in [-0.39, 0.29) is 4.99 Å². The number of hydrogen-bond donors (Lipinski definition) is 1. The first-order valence-corrected chi connectivity index (χ1v) is 6.66. The zero-order valence-electron chi connectivity index (χ0n) is 10.9. The second-order valence-corrected chi connectivity index (χ2v) is 4.90. The van der Waals surface area contributed by atoms with Gasteiger partial charge in [0.2, 0.25) is 0 Å².